The van der Waals surface area contributed by atoms with E-state index < -0.39 is 0 Å². The molecule has 1 aromatic carbocycles. The molecule has 0 radical (unpaired) electrons. The third-order valence-corrected chi connectivity index (χ3v) is 3.46. The lowest BCUT2D eigenvalue weighted by atomic mass is 10.1. The number of rotatable bonds is 6. The van der Waals surface area contributed by atoms with Gasteiger partial charge in [0.1, 0.15) is 17.6 Å². The van der Waals surface area contributed by atoms with Gasteiger partial charge < -0.3 is 24.5 Å². The first-order valence-corrected chi connectivity index (χ1v) is 6.93. The van der Waals surface area contributed by atoms with E-state index in [-0.39, 0.29) is 0 Å². The number of fused-ring (bicyclic) bond motifs is 1. The molecule has 0 aliphatic rings. The normalized spacial score (nSPS) is 10.6. The van der Waals surface area contributed by atoms with Crippen molar-refractivity contribution < 1.29 is 14.2 Å². The van der Waals surface area contributed by atoms with Crippen LogP contribution in [0.3, 0.4) is 0 Å². The maximum absolute atomic E-state index is 5.42. The Morgan fingerprint density at radius 3 is 2.43 bits per heavy atom. The van der Waals surface area contributed by atoms with Gasteiger partial charge >= 0.3 is 0 Å². The van der Waals surface area contributed by atoms with E-state index in [1.165, 1.54) is 6.33 Å². The summed E-state index contributed by atoms with van der Waals surface area (Å²) >= 11 is 0. The zero-order chi connectivity index (χ0) is 16.2. The Morgan fingerprint density at radius 2 is 1.70 bits per heavy atom. The molecule has 0 amide bonds. The van der Waals surface area contributed by atoms with E-state index in [0.717, 1.165) is 11.1 Å². The van der Waals surface area contributed by atoms with Crippen LogP contribution in [0, 0.1) is 0 Å². The van der Waals surface area contributed by atoms with E-state index in [2.05, 4.69) is 25.3 Å². The number of benzene rings is 1. The molecule has 8 heteroatoms. The van der Waals surface area contributed by atoms with E-state index in [1.54, 1.807) is 33.7 Å². The molecule has 0 aliphatic heterocycles. The highest BCUT2D eigenvalue weighted by atomic mass is 16.5. The molecule has 8 nitrogen and oxygen atoms in total. The second-order valence-corrected chi connectivity index (χ2v) is 4.70. The lowest BCUT2D eigenvalue weighted by Gasteiger charge is -2.14. The van der Waals surface area contributed by atoms with Crippen molar-refractivity contribution in [2.24, 2.45) is 0 Å². The molecule has 0 unspecified atom stereocenters. The summed E-state index contributed by atoms with van der Waals surface area (Å²) in [5, 5.41) is 3.25. The Labute approximate surface area is 132 Å². The van der Waals surface area contributed by atoms with Crippen LogP contribution in [0.2, 0.25) is 0 Å². The van der Waals surface area contributed by atoms with Gasteiger partial charge in [0.2, 0.25) is 0 Å². The molecule has 2 aromatic heterocycles. The number of imidazole rings is 1. The summed E-state index contributed by atoms with van der Waals surface area (Å²) in [5.41, 5.74) is 2.28. The number of anilines is 1. The second kappa shape index (κ2) is 6.39. The number of hydrogen-bond donors (Lipinski definition) is 2. The first-order chi connectivity index (χ1) is 11.3. The molecule has 23 heavy (non-hydrogen) atoms. The lowest BCUT2D eigenvalue weighted by Crippen LogP contribution is -2.05. The van der Waals surface area contributed by atoms with Gasteiger partial charge in [-0.3, -0.25) is 0 Å². The van der Waals surface area contributed by atoms with Crippen LogP contribution in [0.5, 0.6) is 17.2 Å². The van der Waals surface area contributed by atoms with Crippen molar-refractivity contribution in [2.75, 3.05) is 26.6 Å². The fourth-order valence-electron chi connectivity index (χ4n) is 2.31. The standard InChI is InChI=1S/C15H17N5O3/c1-21-10-5-12(23-3)11(22-2)4-9(10)6-16-14-13-15(18-7-17-13)20-8-19-14/h4-5,7-8H,6H2,1-3H3,(H2,16,17,18,19,20). The van der Waals surface area contributed by atoms with Crippen LogP contribution in [0.15, 0.2) is 24.8 Å². The summed E-state index contributed by atoms with van der Waals surface area (Å²) in [6.07, 6.45) is 3.05. The molecular formula is C15H17N5O3. The monoisotopic (exact) mass is 315 g/mol. The van der Waals surface area contributed by atoms with Gasteiger partial charge in [-0.1, -0.05) is 0 Å². The van der Waals surface area contributed by atoms with Crippen LogP contribution in [-0.2, 0) is 6.54 Å². The van der Waals surface area contributed by atoms with E-state index in [4.69, 9.17) is 14.2 Å². The molecule has 3 rings (SSSR count). The number of nitrogens with zero attached hydrogens (tertiary/aromatic N) is 3. The molecule has 0 saturated carbocycles. The summed E-state index contributed by atoms with van der Waals surface area (Å²) in [6.45, 7) is 0.495. The molecule has 0 bridgehead atoms. The Morgan fingerprint density at radius 1 is 0.957 bits per heavy atom. The maximum atomic E-state index is 5.42. The molecular weight excluding hydrogens is 298 g/mol. The first-order valence-electron chi connectivity index (χ1n) is 6.93. The minimum atomic E-state index is 0.495. The molecule has 0 fully saturated rings. The van der Waals surface area contributed by atoms with E-state index in [1.807, 2.05) is 6.07 Å². The Balaban J connectivity index is 1.89. The van der Waals surface area contributed by atoms with Crippen molar-refractivity contribution in [1.29, 1.82) is 0 Å². The molecule has 2 heterocycles. The van der Waals surface area contributed by atoms with Crippen LogP contribution < -0.4 is 19.5 Å². The summed E-state index contributed by atoms with van der Waals surface area (Å²) in [5.74, 6) is 2.62. The number of H-pyrrole nitrogens is 1. The van der Waals surface area contributed by atoms with Crippen LogP contribution in [-0.4, -0.2) is 41.3 Å². The van der Waals surface area contributed by atoms with Crippen molar-refractivity contribution in [3.8, 4) is 17.2 Å². The predicted octanol–water partition coefficient (Wildman–Crippen LogP) is 1.99. The average Bonchev–Trinajstić information content (AvgIpc) is 3.08. The zero-order valence-electron chi connectivity index (χ0n) is 13.1. The van der Waals surface area contributed by atoms with Gasteiger partial charge in [0.25, 0.3) is 0 Å². The summed E-state index contributed by atoms with van der Waals surface area (Å²) in [6, 6.07) is 3.66. The number of aromatic nitrogens is 4. The fourth-order valence-corrected chi connectivity index (χ4v) is 2.31. The first kappa shape index (κ1) is 14.9. The number of ether oxygens (including phenoxy) is 3. The second-order valence-electron chi connectivity index (χ2n) is 4.70. The van der Waals surface area contributed by atoms with Gasteiger partial charge in [-0.05, 0) is 6.07 Å². The summed E-state index contributed by atoms with van der Waals surface area (Å²) < 4.78 is 16.0. The molecule has 0 atom stereocenters. The molecule has 3 aromatic rings. The SMILES string of the molecule is COc1cc(OC)c(OC)cc1CNc1ncnc2nc[nH]c12. The molecule has 0 spiro atoms. The van der Waals surface area contributed by atoms with E-state index in [9.17, 15) is 0 Å². The maximum Gasteiger partial charge on any atom is 0.182 e. The third kappa shape index (κ3) is 2.83. The van der Waals surface area contributed by atoms with Crippen LogP contribution in [0.4, 0.5) is 5.82 Å². The van der Waals surface area contributed by atoms with Crippen LogP contribution in [0.1, 0.15) is 5.56 Å². The highest BCUT2D eigenvalue weighted by Gasteiger charge is 2.13. The largest absolute Gasteiger partial charge is 0.496 e. The third-order valence-electron chi connectivity index (χ3n) is 3.46. The van der Waals surface area contributed by atoms with Gasteiger partial charge in [-0.15, -0.1) is 0 Å². The molecule has 120 valence electrons. The molecule has 0 saturated heterocycles. The minimum Gasteiger partial charge on any atom is -0.496 e. The van der Waals surface area contributed by atoms with Crippen molar-refractivity contribution in [1.82, 2.24) is 19.9 Å². The topological polar surface area (TPSA) is 94.2 Å². The number of nitrogens with one attached hydrogen (secondary N) is 2. The zero-order valence-corrected chi connectivity index (χ0v) is 13.1. The average molecular weight is 315 g/mol. The number of methoxy groups -OCH3 is 3. The Bertz CT molecular complexity index is 818. The van der Waals surface area contributed by atoms with Crippen molar-refractivity contribution in [3.05, 3.63) is 30.4 Å². The molecule has 0 aliphatic carbocycles. The van der Waals surface area contributed by atoms with Crippen LogP contribution in [0.25, 0.3) is 11.2 Å². The van der Waals surface area contributed by atoms with Gasteiger partial charge in [0.05, 0.1) is 27.7 Å². The Hall–Kier alpha value is -3.03. The smallest absolute Gasteiger partial charge is 0.182 e. The predicted molar refractivity (Wildman–Crippen MR) is 85.1 cm³/mol. The highest BCUT2D eigenvalue weighted by molar-refractivity contribution is 5.81. The molecule has 2 N–H and O–H groups in total. The van der Waals surface area contributed by atoms with Gasteiger partial charge in [0, 0.05) is 18.2 Å². The van der Waals surface area contributed by atoms with Gasteiger partial charge in [0.15, 0.2) is 23.0 Å². The van der Waals surface area contributed by atoms with Crippen molar-refractivity contribution in [3.63, 3.8) is 0 Å². The van der Waals surface area contributed by atoms with Crippen molar-refractivity contribution >= 4 is 17.0 Å². The quantitative estimate of drug-likeness (QED) is 0.718. The van der Waals surface area contributed by atoms with E-state index >= 15 is 0 Å². The lowest BCUT2D eigenvalue weighted by molar-refractivity contribution is 0.347. The minimum absolute atomic E-state index is 0.495. The van der Waals surface area contributed by atoms with Gasteiger partial charge in [-0.2, -0.15) is 0 Å². The van der Waals surface area contributed by atoms with Crippen molar-refractivity contribution in [2.45, 2.75) is 6.54 Å². The summed E-state index contributed by atoms with van der Waals surface area (Å²) in [4.78, 5) is 15.5. The Kier molecular flexibility index (Phi) is 4.13. The fraction of sp³-hybridized carbons (Fsp3) is 0.267. The number of hydrogen-bond acceptors (Lipinski definition) is 7. The van der Waals surface area contributed by atoms with Gasteiger partial charge in [-0.25, -0.2) is 15.0 Å². The number of aromatic amines is 1. The van der Waals surface area contributed by atoms with Crippen LogP contribution >= 0.6 is 0 Å². The van der Waals surface area contributed by atoms with E-state index in [0.29, 0.717) is 35.3 Å². The summed E-state index contributed by atoms with van der Waals surface area (Å²) in [7, 11) is 4.80. The highest BCUT2D eigenvalue weighted by Crippen LogP contribution is 2.35.